The molecule has 1 aliphatic carbocycles. The first-order valence-electron chi connectivity index (χ1n) is 7.35. The monoisotopic (exact) mass is 244 g/mol. The Labute approximate surface area is 110 Å². The molecular formula is C16H24N2. The predicted molar refractivity (Wildman–Crippen MR) is 75.8 cm³/mol. The van der Waals surface area contributed by atoms with Crippen LogP contribution in [0.3, 0.4) is 0 Å². The normalized spacial score (nSPS) is 22.3. The first kappa shape index (κ1) is 12.2. The number of piperidine rings is 1. The summed E-state index contributed by atoms with van der Waals surface area (Å²) in [5.74, 6) is 0. The number of rotatable bonds is 3. The van der Waals surface area contributed by atoms with Crippen LogP contribution in [0.15, 0.2) is 24.3 Å². The Morgan fingerprint density at radius 1 is 1.11 bits per heavy atom. The van der Waals surface area contributed by atoms with Crippen LogP contribution in [0.5, 0.6) is 0 Å². The minimum atomic E-state index is 0.510. The standard InChI is InChI=1S/C16H24N2/c17-10-3-11-18-12-8-16(9-13-18)7-6-14-4-1-2-5-15(14)16/h1-2,4-5H,3,6-13,17H2. The molecule has 0 amide bonds. The van der Waals surface area contributed by atoms with Crippen LogP contribution in [0.4, 0.5) is 0 Å². The third kappa shape index (κ3) is 2.08. The van der Waals surface area contributed by atoms with E-state index in [4.69, 9.17) is 5.73 Å². The van der Waals surface area contributed by atoms with Gasteiger partial charge in [-0.05, 0) is 74.8 Å². The number of hydrogen-bond donors (Lipinski definition) is 1. The molecule has 2 nitrogen and oxygen atoms in total. The highest BCUT2D eigenvalue weighted by Gasteiger charge is 2.40. The van der Waals surface area contributed by atoms with Gasteiger partial charge in [-0.25, -0.2) is 0 Å². The molecule has 0 unspecified atom stereocenters. The predicted octanol–water partition coefficient (Wildman–Crippen LogP) is 2.32. The summed E-state index contributed by atoms with van der Waals surface area (Å²) in [5, 5.41) is 0. The van der Waals surface area contributed by atoms with E-state index in [1.54, 1.807) is 11.1 Å². The first-order chi connectivity index (χ1) is 8.84. The molecule has 1 heterocycles. The van der Waals surface area contributed by atoms with Crippen LogP contribution >= 0.6 is 0 Å². The second-order valence-corrected chi connectivity index (χ2v) is 5.92. The van der Waals surface area contributed by atoms with E-state index in [0.29, 0.717) is 5.41 Å². The highest BCUT2D eigenvalue weighted by Crippen LogP contribution is 2.45. The van der Waals surface area contributed by atoms with Crippen molar-refractivity contribution in [3.8, 4) is 0 Å². The quantitative estimate of drug-likeness (QED) is 0.884. The average Bonchev–Trinajstić information content (AvgIpc) is 2.78. The minimum Gasteiger partial charge on any atom is -0.330 e. The van der Waals surface area contributed by atoms with Crippen LogP contribution in [0, 0.1) is 0 Å². The molecule has 0 atom stereocenters. The van der Waals surface area contributed by atoms with E-state index >= 15 is 0 Å². The first-order valence-corrected chi connectivity index (χ1v) is 7.35. The summed E-state index contributed by atoms with van der Waals surface area (Å²) < 4.78 is 0. The van der Waals surface area contributed by atoms with Gasteiger partial charge < -0.3 is 10.6 Å². The summed E-state index contributed by atoms with van der Waals surface area (Å²) in [6, 6.07) is 9.10. The van der Waals surface area contributed by atoms with Gasteiger partial charge in [0.25, 0.3) is 0 Å². The van der Waals surface area contributed by atoms with Crippen LogP contribution in [-0.4, -0.2) is 31.1 Å². The van der Waals surface area contributed by atoms with Crippen molar-refractivity contribution in [1.82, 2.24) is 4.90 Å². The number of benzene rings is 1. The van der Waals surface area contributed by atoms with Crippen molar-refractivity contribution in [3.05, 3.63) is 35.4 Å². The smallest absolute Gasteiger partial charge is 0.000671 e. The van der Waals surface area contributed by atoms with Crippen LogP contribution in [0.25, 0.3) is 0 Å². The Morgan fingerprint density at radius 2 is 1.89 bits per heavy atom. The fourth-order valence-corrected chi connectivity index (χ4v) is 3.80. The van der Waals surface area contributed by atoms with Gasteiger partial charge in [-0.3, -0.25) is 0 Å². The summed E-state index contributed by atoms with van der Waals surface area (Å²) in [4.78, 5) is 2.60. The number of fused-ring (bicyclic) bond motifs is 2. The van der Waals surface area contributed by atoms with E-state index in [9.17, 15) is 0 Å². The highest BCUT2D eigenvalue weighted by atomic mass is 15.1. The summed E-state index contributed by atoms with van der Waals surface area (Å²) in [6.07, 6.45) is 6.49. The molecule has 1 aromatic rings. The van der Waals surface area contributed by atoms with Crippen molar-refractivity contribution in [2.24, 2.45) is 5.73 Å². The molecule has 98 valence electrons. The Hall–Kier alpha value is -0.860. The summed E-state index contributed by atoms with van der Waals surface area (Å²) in [6.45, 7) is 4.53. The van der Waals surface area contributed by atoms with Crippen LogP contribution < -0.4 is 5.73 Å². The van der Waals surface area contributed by atoms with Gasteiger partial charge in [-0.2, -0.15) is 0 Å². The largest absolute Gasteiger partial charge is 0.330 e. The number of hydrogen-bond acceptors (Lipinski definition) is 2. The zero-order chi connectivity index (χ0) is 12.4. The number of aryl methyl sites for hydroxylation is 1. The van der Waals surface area contributed by atoms with Gasteiger partial charge in [0.05, 0.1) is 0 Å². The molecule has 0 aromatic heterocycles. The van der Waals surface area contributed by atoms with Crippen molar-refractivity contribution in [1.29, 1.82) is 0 Å². The van der Waals surface area contributed by atoms with Crippen molar-refractivity contribution >= 4 is 0 Å². The molecule has 1 saturated heterocycles. The average molecular weight is 244 g/mol. The van der Waals surface area contributed by atoms with Gasteiger partial charge in [0.1, 0.15) is 0 Å². The topological polar surface area (TPSA) is 29.3 Å². The molecule has 0 saturated carbocycles. The minimum absolute atomic E-state index is 0.510. The van der Waals surface area contributed by atoms with Crippen molar-refractivity contribution < 1.29 is 0 Å². The second-order valence-electron chi connectivity index (χ2n) is 5.92. The van der Waals surface area contributed by atoms with E-state index in [-0.39, 0.29) is 0 Å². The number of likely N-dealkylation sites (tertiary alicyclic amines) is 1. The molecule has 0 radical (unpaired) electrons. The van der Waals surface area contributed by atoms with E-state index in [1.807, 2.05) is 0 Å². The molecule has 2 N–H and O–H groups in total. The molecule has 1 aliphatic heterocycles. The maximum Gasteiger partial charge on any atom is -0.000671 e. The molecule has 1 aromatic carbocycles. The highest BCUT2D eigenvalue weighted by molar-refractivity contribution is 5.39. The summed E-state index contributed by atoms with van der Waals surface area (Å²) in [7, 11) is 0. The lowest BCUT2D eigenvalue weighted by molar-refractivity contribution is 0.158. The third-order valence-electron chi connectivity index (χ3n) is 4.95. The molecule has 1 spiro atoms. The van der Waals surface area contributed by atoms with Crippen LogP contribution in [-0.2, 0) is 11.8 Å². The van der Waals surface area contributed by atoms with Gasteiger partial charge in [-0.1, -0.05) is 24.3 Å². The lowest BCUT2D eigenvalue weighted by Crippen LogP contribution is -2.42. The Kier molecular flexibility index (Phi) is 3.40. The van der Waals surface area contributed by atoms with Gasteiger partial charge in [0, 0.05) is 0 Å². The fourth-order valence-electron chi connectivity index (χ4n) is 3.80. The van der Waals surface area contributed by atoms with Crippen LogP contribution in [0.2, 0.25) is 0 Å². The zero-order valence-electron chi connectivity index (χ0n) is 11.2. The van der Waals surface area contributed by atoms with Crippen molar-refractivity contribution in [3.63, 3.8) is 0 Å². The summed E-state index contributed by atoms with van der Waals surface area (Å²) >= 11 is 0. The Bertz CT molecular complexity index is 405. The molecule has 2 heteroatoms. The SMILES string of the molecule is NCCCN1CCC2(CCc3ccccc32)CC1. The summed E-state index contributed by atoms with van der Waals surface area (Å²) in [5.41, 5.74) is 9.37. The Balaban J connectivity index is 1.69. The third-order valence-corrected chi connectivity index (χ3v) is 4.95. The number of nitrogens with zero attached hydrogens (tertiary/aromatic N) is 1. The zero-order valence-corrected chi connectivity index (χ0v) is 11.2. The molecule has 3 rings (SSSR count). The number of nitrogens with two attached hydrogens (primary N) is 1. The molecule has 18 heavy (non-hydrogen) atoms. The van der Waals surface area contributed by atoms with E-state index in [2.05, 4.69) is 29.2 Å². The van der Waals surface area contributed by atoms with Gasteiger partial charge in [0.2, 0.25) is 0 Å². The maximum absolute atomic E-state index is 5.60. The van der Waals surface area contributed by atoms with Crippen molar-refractivity contribution in [2.45, 2.75) is 37.5 Å². The van der Waals surface area contributed by atoms with Gasteiger partial charge in [-0.15, -0.1) is 0 Å². The van der Waals surface area contributed by atoms with Gasteiger partial charge in [0.15, 0.2) is 0 Å². The Morgan fingerprint density at radius 3 is 2.67 bits per heavy atom. The fraction of sp³-hybridized carbons (Fsp3) is 0.625. The van der Waals surface area contributed by atoms with Gasteiger partial charge >= 0.3 is 0 Å². The maximum atomic E-state index is 5.60. The molecule has 0 bridgehead atoms. The van der Waals surface area contributed by atoms with Crippen LogP contribution in [0.1, 0.15) is 36.8 Å². The molecular weight excluding hydrogens is 220 g/mol. The molecule has 1 fully saturated rings. The lowest BCUT2D eigenvalue weighted by atomic mass is 9.74. The van der Waals surface area contributed by atoms with Crippen molar-refractivity contribution in [2.75, 3.05) is 26.2 Å². The van der Waals surface area contributed by atoms with E-state index in [0.717, 1.165) is 13.0 Å². The van der Waals surface area contributed by atoms with E-state index < -0.39 is 0 Å². The second kappa shape index (κ2) is 5.02. The molecule has 2 aliphatic rings. The lowest BCUT2D eigenvalue weighted by Gasteiger charge is -2.40. The van der Waals surface area contributed by atoms with E-state index in [1.165, 1.54) is 45.3 Å².